The molecule has 3 rings (SSSR count). The molecule has 0 bridgehead atoms. The van der Waals surface area contributed by atoms with Crippen LogP contribution in [-0.2, 0) is 20.1 Å². The van der Waals surface area contributed by atoms with Crippen LogP contribution in [-0.4, -0.2) is 31.4 Å². The van der Waals surface area contributed by atoms with Gasteiger partial charge in [0.05, 0.1) is 6.20 Å². The summed E-state index contributed by atoms with van der Waals surface area (Å²) < 4.78 is 1.86. The molecule has 1 aromatic heterocycles. The Morgan fingerprint density at radius 2 is 1.88 bits per heavy atom. The summed E-state index contributed by atoms with van der Waals surface area (Å²) in [6, 6.07) is 9.02. The molecule has 2 aromatic rings. The van der Waals surface area contributed by atoms with Gasteiger partial charge >= 0.3 is 0 Å². The average Bonchev–Trinajstić information content (AvgIpc) is 3.29. The van der Waals surface area contributed by atoms with E-state index in [1.54, 1.807) is 13.8 Å². The third kappa shape index (κ3) is 4.95. The first-order valence-corrected chi connectivity index (χ1v) is 8.45. The fourth-order valence-electron chi connectivity index (χ4n) is 2.69. The Morgan fingerprint density at radius 1 is 1.21 bits per heavy atom. The molecule has 0 saturated heterocycles. The molecular weight excluding hydrogens is 298 g/mol. The maximum atomic E-state index is 9.68. The van der Waals surface area contributed by atoms with Gasteiger partial charge < -0.3 is 5.11 Å². The smallest absolute Gasteiger partial charge is 0.120 e. The van der Waals surface area contributed by atoms with E-state index in [0.717, 1.165) is 18.7 Å². The maximum Gasteiger partial charge on any atom is 0.120 e. The molecule has 0 aliphatic heterocycles. The minimum absolute atomic E-state index is 0.694. The van der Waals surface area contributed by atoms with Crippen molar-refractivity contribution in [3.63, 3.8) is 0 Å². The van der Waals surface area contributed by atoms with Gasteiger partial charge in [-0.3, -0.25) is 9.58 Å². The standard InChI is InChI=1S/C20H25N3O/c1-20(2,24)11-10-16-4-6-17(7-5-16)14-23(19-8-9-19)15-18-12-21-22(3)13-18/h4-7,12-13,19,24H,8-9,14-15H2,1-3H3. The highest BCUT2D eigenvalue weighted by atomic mass is 16.3. The van der Waals surface area contributed by atoms with Gasteiger partial charge in [-0.2, -0.15) is 5.10 Å². The van der Waals surface area contributed by atoms with Crippen molar-refractivity contribution in [2.75, 3.05) is 0 Å². The second-order valence-corrected chi connectivity index (χ2v) is 7.16. The lowest BCUT2D eigenvalue weighted by Crippen LogP contribution is -2.24. The Morgan fingerprint density at radius 3 is 2.42 bits per heavy atom. The molecule has 1 aliphatic carbocycles. The summed E-state index contributed by atoms with van der Waals surface area (Å²) in [5, 5.41) is 13.9. The number of hydrogen-bond donors (Lipinski definition) is 1. The molecule has 1 fully saturated rings. The Balaban J connectivity index is 1.65. The van der Waals surface area contributed by atoms with E-state index in [9.17, 15) is 5.11 Å². The van der Waals surface area contributed by atoms with Gasteiger partial charge in [-0.05, 0) is 44.4 Å². The molecule has 0 atom stereocenters. The van der Waals surface area contributed by atoms with Crippen molar-refractivity contribution >= 4 is 0 Å². The lowest BCUT2D eigenvalue weighted by molar-refractivity contribution is 0.143. The summed E-state index contributed by atoms with van der Waals surface area (Å²) >= 11 is 0. The average molecular weight is 323 g/mol. The quantitative estimate of drug-likeness (QED) is 0.860. The highest BCUT2D eigenvalue weighted by Gasteiger charge is 2.29. The number of aliphatic hydroxyl groups is 1. The van der Waals surface area contributed by atoms with Crippen LogP contribution >= 0.6 is 0 Å². The summed E-state index contributed by atoms with van der Waals surface area (Å²) in [6.45, 7) is 5.28. The predicted octanol–water partition coefficient (Wildman–Crippen LogP) is 2.71. The van der Waals surface area contributed by atoms with E-state index in [-0.39, 0.29) is 0 Å². The van der Waals surface area contributed by atoms with E-state index >= 15 is 0 Å². The molecule has 1 aliphatic rings. The third-order valence-corrected chi connectivity index (χ3v) is 4.06. The van der Waals surface area contributed by atoms with E-state index in [4.69, 9.17) is 0 Å². The molecule has 0 radical (unpaired) electrons. The number of nitrogens with zero attached hydrogens (tertiary/aromatic N) is 3. The molecule has 0 spiro atoms. The third-order valence-electron chi connectivity index (χ3n) is 4.06. The van der Waals surface area contributed by atoms with Gasteiger partial charge in [0.25, 0.3) is 0 Å². The topological polar surface area (TPSA) is 41.3 Å². The van der Waals surface area contributed by atoms with Crippen LogP contribution in [0.5, 0.6) is 0 Å². The molecule has 24 heavy (non-hydrogen) atoms. The monoisotopic (exact) mass is 323 g/mol. The fraction of sp³-hybridized carbons (Fsp3) is 0.450. The molecular formula is C20H25N3O. The van der Waals surface area contributed by atoms with Crippen molar-refractivity contribution in [2.24, 2.45) is 7.05 Å². The molecule has 0 unspecified atom stereocenters. The van der Waals surface area contributed by atoms with Crippen LogP contribution in [0.25, 0.3) is 0 Å². The van der Waals surface area contributed by atoms with Crippen molar-refractivity contribution in [1.82, 2.24) is 14.7 Å². The number of aromatic nitrogens is 2. The van der Waals surface area contributed by atoms with E-state index < -0.39 is 5.60 Å². The second-order valence-electron chi connectivity index (χ2n) is 7.16. The van der Waals surface area contributed by atoms with Gasteiger partial charge in [-0.25, -0.2) is 0 Å². The minimum atomic E-state index is -0.953. The van der Waals surface area contributed by atoms with E-state index in [1.807, 2.05) is 30.1 Å². The van der Waals surface area contributed by atoms with E-state index in [1.165, 1.54) is 24.0 Å². The zero-order valence-corrected chi connectivity index (χ0v) is 14.7. The lowest BCUT2D eigenvalue weighted by atomic mass is 10.1. The van der Waals surface area contributed by atoms with Crippen LogP contribution in [0, 0.1) is 11.8 Å². The molecule has 1 saturated carbocycles. The summed E-state index contributed by atoms with van der Waals surface area (Å²) in [6.07, 6.45) is 6.61. The van der Waals surface area contributed by atoms with Crippen LogP contribution in [0.1, 0.15) is 43.4 Å². The maximum absolute atomic E-state index is 9.68. The Labute approximate surface area is 144 Å². The molecule has 1 aromatic carbocycles. The van der Waals surface area contributed by atoms with Crippen molar-refractivity contribution < 1.29 is 5.11 Å². The van der Waals surface area contributed by atoms with E-state index in [2.05, 4.69) is 40.2 Å². The first-order valence-electron chi connectivity index (χ1n) is 8.45. The largest absolute Gasteiger partial charge is 0.378 e. The van der Waals surface area contributed by atoms with Crippen LogP contribution in [0.2, 0.25) is 0 Å². The molecule has 4 nitrogen and oxygen atoms in total. The first-order chi connectivity index (χ1) is 11.4. The summed E-state index contributed by atoms with van der Waals surface area (Å²) in [7, 11) is 1.96. The first kappa shape index (κ1) is 16.8. The zero-order chi connectivity index (χ0) is 17.2. The van der Waals surface area contributed by atoms with Crippen LogP contribution in [0.4, 0.5) is 0 Å². The van der Waals surface area contributed by atoms with Gasteiger partial charge in [-0.1, -0.05) is 24.0 Å². The molecule has 1 N–H and O–H groups in total. The highest BCUT2D eigenvalue weighted by Crippen LogP contribution is 2.29. The summed E-state index contributed by atoms with van der Waals surface area (Å²) in [5.41, 5.74) is 2.54. The normalized spacial score (nSPS) is 14.5. The lowest BCUT2D eigenvalue weighted by Gasteiger charge is -2.21. The summed E-state index contributed by atoms with van der Waals surface area (Å²) in [4.78, 5) is 2.52. The summed E-state index contributed by atoms with van der Waals surface area (Å²) in [5.74, 6) is 5.87. The van der Waals surface area contributed by atoms with Crippen molar-refractivity contribution in [3.05, 3.63) is 53.3 Å². The van der Waals surface area contributed by atoms with Crippen molar-refractivity contribution in [3.8, 4) is 11.8 Å². The number of benzene rings is 1. The number of aryl methyl sites for hydroxylation is 1. The second kappa shape index (κ2) is 6.80. The molecule has 4 heteroatoms. The molecule has 126 valence electrons. The Bertz CT molecular complexity index is 740. The Hall–Kier alpha value is -2.09. The van der Waals surface area contributed by atoms with Gasteiger partial charge in [-0.15, -0.1) is 0 Å². The Kier molecular flexibility index (Phi) is 4.75. The van der Waals surface area contributed by atoms with Gasteiger partial charge in [0, 0.05) is 43.5 Å². The van der Waals surface area contributed by atoms with Gasteiger partial charge in [0.2, 0.25) is 0 Å². The minimum Gasteiger partial charge on any atom is -0.378 e. The fourth-order valence-corrected chi connectivity index (χ4v) is 2.69. The molecule has 0 amide bonds. The van der Waals surface area contributed by atoms with Gasteiger partial charge in [0.1, 0.15) is 5.60 Å². The SMILES string of the molecule is Cn1cc(CN(Cc2ccc(C#CC(C)(C)O)cc2)C2CC2)cn1. The molecule has 1 heterocycles. The van der Waals surface area contributed by atoms with Crippen molar-refractivity contribution in [2.45, 2.75) is 51.4 Å². The number of hydrogen-bond acceptors (Lipinski definition) is 3. The van der Waals surface area contributed by atoms with Crippen LogP contribution in [0.3, 0.4) is 0 Å². The van der Waals surface area contributed by atoms with Crippen LogP contribution < -0.4 is 0 Å². The van der Waals surface area contributed by atoms with Crippen LogP contribution in [0.15, 0.2) is 36.7 Å². The predicted molar refractivity (Wildman–Crippen MR) is 95.1 cm³/mol. The van der Waals surface area contributed by atoms with Gasteiger partial charge in [0.15, 0.2) is 0 Å². The highest BCUT2D eigenvalue weighted by molar-refractivity contribution is 5.37. The number of rotatable bonds is 5. The zero-order valence-electron chi connectivity index (χ0n) is 14.7. The van der Waals surface area contributed by atoms with Crippen molar-refractivity contribution in [1.29, 1.82) is 0 Å². The van der Waals surface area contributed by atoms with E-state index in [0.29, 0.717) is 6.04 Å².